The molecule has 1 fully saturated rings. The van der Waals surface area contributed by atoms with Crippen molar-refractivity contribution in [3.8, 4) is 0 Å². The number of carbonyl (C=O) groups is 4. The van der Waals surface area contributed by atoms with Crippen LogP contribution in [0.5, 0.6) is 0 Å². The number of rotatable bonds is 8. The van der Waals surface area contributed by atoms with Gasteiger partial charge in [-0.1, -0.05) is 49.0 Å². The van der Waals surface area contributed by atoms with Crippen LogP contribution in [0.4, 0.5) is 0 Å². The number of carboxylic acids is 1. The van der Waals surface area contributed by atoms with Crippen molar-refractivity contribution in [1.29, 1.82) is 0 Å². The fourth-order valence-corrected chi connectivity index (χ4v) is 3.84. The molecule has 2 unspecified atom stereocenters. The van der Waals surface area contributed by atoms with Crippen molar-refractivity contribution < 1.29 is 24.3 Å². The molecule has 1 aliphatic heterocycles. The maximum Gasteiger partial charge on any atom is 0.326 e. The van der Waals surface area contributed by atoms with Crippen molar-refractivity contribution in [2.45, 2.75) is 45.2 Å². The lowest BCUT2D eigenvalue weighted by Gasteiger charge is -2.27. The number of nitrogens with zero attached hydrogens (tertiary/aromatic N) is 1. The van der Waals surface area contributed by atoms with Crippen LogP contribution in [0.15, 0.2) is 30.3 Å². The van der Waals surface area contributed by atoms with Crippen molar-refractivity contribution in [1.82, 2.24) is 10.2 Å². The minimum absolute atomic E-state index is 0. The van der Waals surface area contributed by atoms with E-state index in [4.69, 9.17) is 0 Å². The first kappa shape index (κ1) is 31.9. The van der Waals surface area contributed by atoms with Crippen LogP contribution in [0, 0.1) is 5.92 Å². The number of amides is 2. The van der Waals surface area contributed by atoms with E-state index in [0.717, 1.165) is 17.3 Å². The first-order valence-corrected chi connectivity index (χ1v) is 10.3. The molecule has 1 aromatic carbocycles. The van der Waals surface area contributed by atoms with Gasteiger partial charge in [0.1, 0.15) is 12.1 Å². The zero-order valence-electron chi connectivity index (χ0n) is 17.6. The summed E-state index contributed by atoms with van der Waals surface area (Å²) in [4.78, 5) is 49.6. The largest absolute Gasteiger partial charge is 0.480 e. The van der Waals surface area contributed by atoms with Gasteiger partial charge in [0.15, 0.2) is 5.12 Å². The molecule has 176 valence electrons. The molecule has 0 aromatic heterocycles. The van der Waals surface area contributed by atoms with Gasteiger partial charge in [0.25, 0.3) is 0 Å². The van der Waals surface area contributed by atoms with Gasteiger partial charge in [-0.15, -0.1) is 0 Å². The summed E-state index contributed by atoms with van der Waals surface area (Å²) in [7, 11) is 0. The van der Waals surface area contributed by atoms with Gasteiger partial charge in [0.05, 0.1) is 0 Å². The van der Waals surface area contributed by atoms with Crippen LogP contribution >= 0.6 is 52.2 Å². The molecule has 0 bridgehead atoms. The van der Waals surface area contributed by atoms with Gasteiger partial charge >= 0.3 is 5.97 Å². The number of benzene rings is 1. The van der Waals surface area contributed by atoms with Crippen LogP contribution in [0.25, 0.3) is 0 Å². The van der Waals surface area contributed by atoms with Gasteiger partial charge in [-0.05, 0) is 18.4 Å². The maximum atomic E-state index is 12.7. The Morgan fingerprint density at radius 1 is 1.16 bits per heavy atom. The number of hydrogen-bond donors (Lipinski definition) is 2. The predicted octanol–water partition coefficient (Wildman–Crippen LogP) is 2.04. The van der Waals surface area contributed by atoms with Gasteiger partial charge in [0, 0.05) is 31.6 Å². The van der Waals surface area contributed by atoms with E-state index < -0.39 is 24.0 Å². The highest BCUT2D eigenvalue weighted by Crippen LogP contribution is 2.22. The zero-order valence-corrected chi connectivity index (χ0v) is 21.4. The Kier molecular flexibility index (Phi) is 15.9. The molecule has 2 rings (SSSR count). The van der Waals surface area contributed by atoms with Crippen LogP contribution in [0.1, 0.15) is 32.3 Å². The maximum absolute atomic E-state index is 12.7. The highest BCUT2D eigenvalue weighted by molar-refractivity contribution is 8.13. The average molecular weight is 509 g/mol. The van der Waals surface area contributed by atoms with E-state index in [1.54, 1.807) is 6.92 Å². The third-order valence-electron chi connectivity index (χ3n) is 4.69. The summed E-state index contributed by atoms with van der Waals surface area (Å²) in [6.45, 7) is 3.65. The number of hydrogen-bond acceptors (Lipinski definition) is 5. The summed E-state index contributed by atoms with van der Waals surface area (Å²) >= 11 is 1.09. The molecule has 3 atom stereocenters. The Morgan fingerprint density at radius 2 is 1.77 bits per heavy atom. The fourth-order valence-electron chi connectivity index (χ4n) is 3.22. The van der Waals surface area contributed by atoms with Crippen molar-refractivity contribution in [2.75, 3.05) is 12.3 Å². The second-order valence-electron chi connectivity index (χ2n) is 6.98. The molecule has 0 aliphatic carbocycles. The molecule has 31 heavy (non-hydrogen) atoms. The molecule has 2 N–H and O–H groups in total. The Labute approximate surface area is 208 Å². The minimum atomic E-state index is -1.11. The van der Waals surface area contributed by atoms with Crippen LogP contribution < -0.4 is 5.32 Å². The molecule has 1 aliphatic rings. The lowest BCUT2D eigenvalue weighted by atomic mass is 10.1. The zero-order chi connectivity index (χ0) is 20.7. The first-order chi connectivity index (χ1) is 13.3. The highest BCUT2D eigenvalue weighted by Gasteiger charge is 2.37. The Morgan fingerprint density at radius 3 is 2.32 bits per heavy atom. The van der Waals surface area contributed by atoms with Gasteiger partial charge in [-0.25, -0.2) is 4.79 Å². The molecule has 2 amide bonds. The van der Waals surface area contributed by atoms with Crippen LogP contribution in [-0.4, -0.2) is 57.3 Å². The Bertz CT molecular complexity index is 736. The highest BCUT2D eigenvalue weighted by atomic mass is 32.2. The fraction of sp³-hybridized carbons (Fsp3) is 0.500. The van der Waals surface area contributed by atoms with Crippen LogP contribution in [0.2, 0.25) is 0 Å². The quantitative estimate of drug-likeness (QED) is 0.557. The Hall–Kier alpha value is -1.30. The normalized spacial score (nSPS) is 16.6. The van der Waals surface area contributed by atoms with Crippen molar-refractivity contribution in [2.24, 2.45) is 5.92 Å². The second kappa shape index (κ2) is 15.5. The third kappa shape index (κ3) is 9.80. The van der Waals surface area contributed by atoms with E-state index in [1.165, 1.54) is 11.8 Å². The van der Waals surface area contributed by atoms with E-state index in [1.807, 2.05) is 30.3 Å². The van der Waals surface area contributed by atoms with Gasteiger partial charge in [-0.3, -0.25) is 14.4 Å². The van der Waals surface area contributed by atoms with E-state index in [-0.39, 0.29) is 63.8 Å². The van der Waals surface area contributed by atoms with Crippen molar-refractivity contribution in [3.63, 3.8) is 0 Å². The molecule has 11 heteroatoms. The van der Waals surface area contributed by atoms with Crippen LogP contribution in [-0.2, 0) is 25.6 Å². The van der Waals surface area contributed by atoms with Crippen LogP contribution in [0.3, 0.4) is 0 Å². The smallest absolute Gasteiger partial charge is 0.326 e. The topological polar surface area (TPSA) is 104 Å². The molecular formula is C20H32N2O5S4. The number of carboxylic acid groups (broad SMARTS) is 1. The number of aliphatic carboxylic acids is 1. The lowest BCUT2D eigenvalue weighted by molar-refractivity contribution is -0.144. The molecule has 1 saturated heterocycles. The van der Waals surface area contributed by atoms with Gasteiger partial charge in [0.2, 0.25) is 11.8 Å². The summed E-state index contributed by atoms with van der Waals surface area (Å²) in [6, 6.07) is 7.35. The molecule has 1 aromatic rings. The minimum Gasteiger partial charge on any atom is -0.480 e. The summed E-state index contributed by atoms with van der Waals surface area (Å²) in [5.41, 5.74) is 0.810. The average Bonchev–Trinajstić information content (AvgIpc) is 3.15. The molecule has 7 nitrogen and oxygen atoms in total. The molecule has 0 spiro atoms. The SMILES string of the molecule is CC(=O)SC[C@@H](C)C(=O)N1CCCC1C(=O)NC(Cc1ccccc1)C(=O)O.S.S.S. The Balaban J connectivity index is 0. The molecular weight excluding hydrogens is 476 g/mol. The van der Waals surface area contributed by atoms with Gasteiger partial charge < -0.3 is 15.3 Å². The third-order valence-corrected chi connectivity index (χ3v) is 5.77. The number of nitrogens with one attached hydrogen (secondary N) is 1. The second-order valence-corrected chi connectivity index (χ2v) is 8.18. The van der Waals surface area contributed by atoms with E-state index in [2.05, 4.69) is 5.32 Å². The van der Waals surface area contributed by atoms with E-state index in [9.17, 15) is 24.3 Å². The number of thioether (sulfide) groups is 1. The number of likely N-dealkylation sites (tertiary alicyclic amines) is 1. The van der Waals surface area contributed by atoms with Crippen molar-refractivity contribution in [3.05, 3.63) is 35.9 Å². The summed E-state index contributed by atoms with van der Waals surface area (Å²) < 4.78 is 0. The predicted molar refractivity (Wildman–Crippen MR) is 138 cm³/mol. The molecule has 0 saturated carbocycles. The first-order valence-electron chi connectivity index (χ1n) is 9.30. The summed E-state index contributed by atoms with van der Waals surface area (Å²) in [5, 5.41) is 12.0. The number of carbonyl (C=O) groups excluding carboxylic acids is 3. The molecule has 1 heterocycles. The standard InChI is InChI=1S/C20H26N2O5S.3H2S/c1-13(12-28-14(2)23)19(25)22-10-6-9-17(22)18(24)21-16(20(26)27)11-15-7-4-3-5-8-15;;;/h3-5,7-8,13,16-17H,6,9-12H2,1-2H3,(H,21,24)(H,26,27);3*1H2/t13-,16?,17?;;;/m1.../s1. The summed E-state index contributed by atoms with van der Waals surface area (Å²) in [5.74, 6) is -1.76. The monoisotopic (exact) mass is 508 g/mol. The molecule has 0 radical (unpaired) electrons. The van der Waals surface area contributed by atoms with Crippen molar-refractivity contribution >= 4 is 75.1 Å². The van der Waals surface area contributed by atoms with E-state index >= 15 is 0 Å². The summed E-state index contributed by atoms with van der Waals surface area (Å²) in [6.07, 6.45) is 1.36. The lowest BCUT2D eigenvalue weighted by Crippen LogP contribution is -2.52. The van der Waals surface area contributed by atoms with E-state index in [0.29, 0.717) is 25.1 Å². The van der Waals surface area contributed by atoms with Gasteiger partial charge in [-0.2, -0.15) is 40.5 Å².